The van der Waals surface area contributed by atoms with Crippen LogP contribution in [-0.4, -0.2) is 27.3 Å². The van der Waals surface area contributed by atoms with Crippen LogP contribution in [0.15, 0.2) is 22.7 Å². The van der Waals surface area contributed by atoms with Crippen LogP contribution in [0.5, 0.6) is 5.75 Å². The van der Waals surface area contributed by atoms with Crippen molar-refractivity contribution in [3.63, 3.8) is 0 Å². The van der Waals surface area contributed by atoms with Crippen molar-refractivity contribution in [3.8, 4) is 5.75 Å². The standard InChI is InChI=1S/C11H14BrN5O/c1-17-15-11(14-16-17)6-10(13)8-5-7(18-2)3-4-9(8)12/h3-5,10H,6,13H2,1-2H3. The number of benzene rings is 1. The van der Waals surface area contributed by atoms with E-state index < -0.39 is 0 Å². The first-order valence-corrected chi connectivity index (χ1v) is 6.21. The van der Waals surface area contributed by atoms with Gasteiger partial charge in [0.25, 0.3) is 0 Å². The minimum atomic E-state index is -0.210. The lowest BCUT2D eigenvalue weighted by molar-refractivity contribution is 0.413. The summed E-state index contributed by atoms with van der Waals surface area (Å²) in [5, 5.41) is 11.8. The number of nitrogens with zero attached hydrogens (tertiary/aromatic N) is 4. The molecule has 0 fully saturated rings. The molecule has 6 nitrogen and oxygen atoms in total. The monoisotopic (exact) mass is 311 g/mol. The Morgan fingerprint density at radius 1 is 1.50 bits per heavy atom. The van der Waals surface area contributed by atoms with Gasteiger partial charge < -0.3 is 10.5 Å². The van der Waals surface area contributed by atoms with Gasteiger partial charge in [0, 0.05) is 16.9 Å². The smallest absolute Gasteiger partial charge is 0.176 e. The van der Waals surface area contributed by atoms with E-state index in [9.17, 15) is 0 Å². The molecule has 0 aliphatic heterocycles. The van der Waals surface area contributed by atoms with Gasteiger partial charge in [0.05, 0.1) is 14.2 Å². The molecule has 96 valence electrons. The highest BCUT2D eigenvalue weighted by Gasteiger charge is 2.14. The van der Waals surface area contributed by atoms with Gasteiger partial charge in [-0.1, -0.05) is 15.9 Å². The van der Waals surface area contributed by atoms with E-state index in [-0.39, 0.29) is 6.04 Å². The lowest BCUT2D eigenvalue weighted by atomic mass is 10.0. The molecule has 1 aromatic heterocycles. The maximum absolute atomic E-state index is 6.16. The van der Waals surface area contributed by atoms with Crippen LogP contribution in [0.25, 0.3) is 0 Å². The Labute approximate surface area is 113 Å². The third kappa shape index (κ3) is 2.85. The highest BCUT2D eigenvalue weighted by atomic mass is 79.9. The summed E-state index contributed by atoms with van der Waals surface area (Å²) < 4.78 is 6.13. The Balaban J connectivity index is 2.20. The number of aryl methyl sites for hydroxylation is 1. The highest BCUT2D eigenvalue weighted by molar-refractivity contribution is 9.10. The first kappa shape index (κ1) is 13.0. The molecule has 7 heteroatoms. The molecule has 1 unspecified atom stereocenters. The van der Waals surface area contributed by atoms with Crippen molar-refractivity contribution < 1.29 is 4.74 Å². The molecule has 1 aromatic carbocycles. The molecule has 2 aromatic rings. The number of hydrogen-bond acceptors (Lipinski definition) is 5. The fourth-order valence-corrected chi connectivity index (χ4v) is 2.19. The Morgan fingerprint density at radius 2 is 2.28 bits per heavy atom. The largest absolute Gasteiger partial charge is 0.497 e. The third-order valence-corrected chi connectivity index (χ3v) is 3.28. The van der Waals surface area contributed by atoms with E-state index in [2.05, 4.69) is 31.3 Å². The predicted octanol–water partition coefficient (Wildman–Crippen LogP) is 1.22. The molecule has 0 saturated carbocycles. The van der Waals surface area contributed by atoms with Crippen LogP contribution >= 0.6 is 15.9 Å². The first-order valence-electron chi connectivity index (χ1n) is 5.42. The van der Waals surface area contributed by atoms with Gasteiger partial charge in [-0.25, -0.2) is 0 Å². The van der Waals surface area contributed by atoms with Gasteiger partial charge in [-0.2, -0.15) is 4.80 Å². The van der Waals surface area contributed by atoms with Crippen LogP contribution in [0.1, 0.15) is 17.4 Å². The lowest BCUT2D eigenvalue weighted by Gasteiger charge is -2.13. The molecule has 1 atom stereocenters. The van der Waals surface area contributed by atoms with Crippen molar-refractivity contribution >= 4 is 15.9 Å². The lowest BCUT2D eigenvalue weighted by Crippen LogP contribution is -2.15. The average molecular weight is 312 g/mol. The maximum atomic E-state index is 6.16. The van der Waals surface area contributed by atoms with E-state index >= 15 is 0 Å². The predicted molar refractivity (Wildman–Crippen MR) is 70.1 cm³/mol. The first-order chi connectivity index (χ1) is 8.60. The van der Waals surface area contributed by atoms with Gasteiger partial charge in [-0.05, 0) is 29.0 Å². The minimum Gasteiger partial charge on any atom is -0.497 e. The zero-order valence-corrected chi connectivity index (χ0v) is 11.8. The van der Waals surface area contributed by atoms with Crippen molar-refractivity contribution in [1.29, 1.82) is 0 Å². The molecular weight excluding hydrogens is 298 g/mol. The zero-order chi connectivity index (χ0) is 13.1. The Bertz CT molecular complexity index is 542. The SMILES string of the molecule is COc1ccc(Br)c(C(N)Cc2nnn(C)n2)c1. The second kappa shape index (κ2) is 5.45. The van der Waals surface area contributed by atoms with Crippen molar-refractivity contribution in [2.75, 3.05) is 7.11 Å². The third-order valence-electron chi connectivity index (χ3n) is 2.55. The van der Waals surface area contributed by atoms with Gasteiger partial charge in [0.15, 0.2) is 5.82 Å². The van der Waals surface area contributed by atoms with E-state index in [1.807, 2.05) is 18.2 Å². The summed E-state index contributed by atoms with van der Waals surface area (Å²) >= 11 is 3.48. The molecule has 0 radical (unpaired) electrons. The molecule has 0 bridgehead atoms. The average Bonchev–Trinajstić information content (AvgIpc) is 2.75. The molecule has 0 saturated heterocycles. The van der Waals surface area contributed by atoms with Crippen LogP contribution in [0.2, 0.25) is 0 Å². The van der Waals surface area contributed by atoms with E-state index in [4.69, 9.17) is 10.5 Å². The number of tetrazole rings is 1. The van der Waals surface area contributed by atoms with Crippen LogP contribution in [0.4, 0.5) is 0 Å². The van der Waals surface area contributed by atoms with Crippen LogP contribution in [0, 0.1) is 0 Å². The van der Waals surface area contributed by atoms with E-state index in [1.165, 1.54) is 4.80 Å². The van der Waals surface area contributed by atoms with Gasteiger partial charge >= 0.3 is 0 Å². The second-order valence-corrected chi connectivity index (χ2v) is 4.75. The molecule has 0 aliphatic carbocycles. The molecular formula is C11H14BrN5O. The minimum absolute atomic E-state index is 0.210. The zero-order valence-electron chi connectivity index (χ0n) is 10.2. The summed E-state index contributed by atoms with van der Waals surface area (Å²) in [7, 11) is 3.35. The van der Waals surface area contributed by atoms with Gasteiger partial charge in [-0.15, -0.1) is 10.2 Å². The number of ether oxygens (including phenoxy) is 1. The number of hydrogen-bond donors (Lipinski definition) is 1. The fraction of sp³-hybridized carbons (Fsp3) is 0.364. The number of methoxy groups -OCH3 is 1. The van der Waals surface area contributed by atoms with Gasteiger partial charge in [0.1, 0.15) is 5.75 Å². The van der Waals surface area contributed by atoms with Crippen molar-refractivity contribution in [2.24, 2.45) is 12.8 Å². The quantitative estimate of drug-likeness (QED) is 0.918. The number of rotatable bonds is 4. The summed E-state index contributed by atoms with van der Waals surface area (Å²) in [5.74, 6) is 1.40. The number of nitrogens with two attached hydrogens (primary N) is 1. The van der Waals surface area contributed by atoms with Crippen molar-refractivity contribution in [1.82, 2.24) is 20.2 Å². The van der Waals surface area contributed by atoms with Crippen molar-refractivity contribution in [3.05, 3.63) is 34.1 Å². The topological polar surface area (TPSA) is 78.9 Å². The van der Waals surface area contributed by atoms with Crippen LogP contribution in [0.3, 0.4) is 0 Å². The summed E-state index contributed by atoms with van der Waals surface area (Å²) in [5.41, 5.74) is 7.12. The van der Waals surface area contributed by atoms with E-state index in [0.717, 1.165) is 15.8 Å². The summed E-state index contributed by atoms with van der Waals surface area (Å²) in [6, 6.07) is 5.49. The molecule has 18 heavy (non-hydrogen) atoms. The molecule has 2 N–H and O–H groups in total. The molecule has 2 rings (SSSR count). The number of aromatic nitrogens is 4. The maximum Gasteiger partial charge on any atom is 0.176 e. The van der Waals surface area contributed by atoms with Crippen LogP contribution < -0.4 is 10.5 Å². The van der Waals surface area contributed by atoms with E-state index in [0.29, 0.717) is 12.2 Å². The number of halogens is 1. The Morgan fingerprint density at radius 3 is 2.89 bits per heavy atom. The fourth-order valence-electron chi connectivity index (χ4n) is 1.64. The molecule has 0 spiro atoms. The van der Waals surface area contributed by atoms with Crippen molar-refractivity contribution in [2.45, 2.75) is 12.5 Å². The van der Waals surface area contributed by atoms with Gasteiger partial charge in [-0.3, -0.25) is 0 Å². The van der Waals surface area contributed by atoms with Crippen LogP contribution in [-0.2, 0) is 13.5 Å². The molecule has 0 aliphatic rings. The summed E-state index contributed by atoms with van der Waals surface area (Å²) in [4.78, 5) is 1.42. The Hall–Kier alpha value is -1.47. The van der Waals surface area contributed by atoms with Gasteiger partial charge in [0.2, 0.25) is 0 Å². The highest BCUT2D eigenvalue weighted by Crippen LogP contribution is 2.27. The second-order valence-electron chi connectivity index (χ2n) is 3.89. The van der Waals surface area contributed by atoms with E-state index in [1.54, 1.807) is 14.2 Å². The molecule has 1 heterocycles. The summed E-state index contributed by atoms with van der Waals surface area (Å²) in [6.07, 6.45) is 0.527. The normalized spacial score (nSPS) is 12.4. The molecule has 0 amide bonds. The summed E-state index contributed by atoms with van der Waals surface area (Å²) in [6.45, 7) is 0. The Kier molecular flexibility index (Phi) is 3.93.